The summed E-state index contributed by atoms with van der Waals surface area (Å²) >= 11 is 4.68. The zero-order chi connectivity index (χ0) is 12.3. The lowest BCUT2D eigenvalue weighted by molar-refractivity contribution is 0.0824. The number of thiocarbonyl (C=S) groups is 1. The molecule has 0 aliphatic heterocycles. The summed E-state index contributed by atoms with van der Waals surface area (Å²) in [5.41, 5.74) is 6.08. The van der Waals surface area contributed by atoms with Crippen molar-refractivity contribution in [3.8, 4) is 5.75 Å². The van der Waals surface area contributed by atoms with E-state index in [1.165, 1.54) is 17.0 Å². The predicted octanol–water partition coefficient (Wildman–Crippen LogP) is 0.749. The molecule has 0 radical (unpaired) electrons. The van der Waals surface area contributed by atoms with Crippen LogP contribution in [0, 0.1) is 0 Å². The fourth-order valence-corrected chi connectivity index (χ4v) is 1.29. The first-order chi connectivity index (χ1) is 7.41. The van der Waals surface area contributed by atoms with E-state index in [2.05, 4.69) is 17.5 Å². The first kappa shape index (κ1) is 12.3. The molecule has 1 rings (SSSR count). The lowest BCUT2D eigenvalue weighted by atomic mass is 10.1. The molecule has 0 spiro atoms. The molecule has 4 N–H and O–H groups in total. The van der Waals surface area contributed by atoms with Crippen LogP contribution in [0.1, 0.15) is 10.4 Å². The monoisotopic (exact) mass is 239 g/mol. The van der Waals surface area contributed by atoms with E-state index in [9.17, 15) is 9.90 Å². The Hall–Kier alpha value is -1.82. The van der Waals surface area contributed by atoms with E-state index >= 15 is 0 Å². The van der Waals surface area contributed by atoms with E-state index in [4.69, 9.17) is 5.73 Å². The van der Waals surface area contributed by atoms with Gasteiger partial charge in [0.1, 0.15) is 5.75 Å². The molecule has 0 saturated carbocycles. The van der Waals surface area contributed by atoms with Gasteiger partial charge >= 0.3 is 0 Å². The number of benzene rings is 1. The number of rotatable bonds is 2. The van der Waals surface area contributed by atoms with Crippen molar-refractivity contribution in [2.24, 2.45) is 5.73 Å². The van der Waals surface area contributed by atoms with Gasteiger partial charge in [-0.2, -0.15) is 0 Å². The molecule has 0 aliphatic carbocycles. The van der Waals surface area contributed by atoms with E-state index in [1.54, 1.807) is 20.2 Å². The highest BCUT2D eigenvalue weighted by atomic mass is 32.1. The lowest BCUT2D eigenvalue weighted by Crippen LogP contribution is -2.23. The molecule has 0 fully saturated rings. The Labute approximate surface area is 98.9 Å². The predicted molar refractivity (Wildman–Crippen MR) is 66.5 cm³/mol. The van der Waals surface area contributed by atoms with Gasteiger partial charge in [-0.25, -0.2) is 0 Å². The number of nitrogens with one attached hydrogen (secondary N) is 1. The summed E-state index contributed by atoms with van der Waals surface area (Å²) in [6, 6.07) is 4.50. The Bertz CT molecular complexity index is 432. The molecule has 1 aromatic carbocycles. The molecule has 5 nitrogen and oxygen atoms in total. The van der Waals surface area contributed by atoms with Crippen LogP contribution < -0.4 is 11.1 Å². The minimum atomic E-state index is -0.288. The van der Waals surface area contributed by atoms with Gasteiger partial charge in [-0.15, -0.1) is 0 Å². The first-order valence-corrected chi connectivity index (χ1v) is 4.93. The van der Waals surface area contributed by atoms with Gasteiger partial charge in [0.25, 0.3) is 5.91 Å². The molecule has 0 bridgehead atoms. The van der Waals surface area contributed by atoms with Gasteiger partial charge in [0.05, 0.1) is 5.56 Å². The second-order valence-electron chi connectivity index (χ2n) is 3.42. The molecular formula is C10H13N3O2S. The molecule has 0 unspecified atom stereocenters. The zero-order valence-corrected chi connectivity index (χ0v) is 9.84. The fraction of sp³-hybridized carbons (Fsp3) is 0.200. The van der Waals surface area contributed by atoms with Crippen LogP contribution in [0.25, 0.3) is 0 Å². The molecule has 6 heteroatoms. The fourth-order valence-electron chi connectivity index (χ4n) is 1.17. The largest absolute Gasteiger partial charge is 0.507 e. The number of nitrogens with zero attached hydrogens (tertiary/aromatic N) is 1. The summed E-state index contributed by atoms with van der Waals surface area (Å²) in [5, 5.41) is 12.3. The quantitative estimate of drug-likeness (QED) is 0.524. The van der Waals surface area contributed by atoms with Crippen molar-refractivity contribution in [2.75, 3.05) is 19.4 Å². The number of anilines is 1. The number of carbonyl (C=O) groups excluding carboxylic acids is 1. The number of hydrogen-bond donors (Lipinski definition) is 3. The highest BCUT2D eigenvalue weighted by Crippen LogP contribution is 2.22. The summed E-state index contributed by atoms with van der Waals surface area (Å²) in [4.78, 5) is 13.1. The summed E-state index contributed by atoms with van der Waals surface area (Å²) in [7, 11) is 3.21. The van der Waals surface area contributed by atoms with Gasteiger partial charge < -0.3 is 21.1 Å². The normalized spacial score (nSPS) is 9.62. The van der Waals surface area contributed by atoms with Crippen LogP contribution >= 0.6 is 12.2 Å². The second-order valence-corrected chi connectivity index (χ2v) is 3.86. The number of carbonyl (C=O) groups is 1. The maximum atomic E-state index is 11.7. The first-order valence-electron chi connectivity index (χ1n) is 4.53. The zero-order valence-electron chi connectivity index (χ0n) is 9.02. The maximum Gasteiger partial charge on any atom is 0.257 e. The molecule has 1 amide bonds. The van der Waals surface area contributed by atoms with E-state index in [-0.39, 0.29) is 22.3 Å². The van der Waals surface area contributed by atoms with Crippen LogP contribution in [0.3, 0.4) is 0 Å². The number of amides is 1. The maximum absolute atomic E-state index is 11.7. The lowest BCUT2D eigenvalue weighted by Gasteiger charge is -2.13. The van der Waals surface area contributed by atoms with E-state index < -0.39 is 0 Å². The van der Waals surface area contributed by atoms with Crippen LogP contribution in [0.5, 0.6) is 5.75 Å². The molecule has 86 valence electrons. The molecule has 0 heterocycles. The Balaban J connectivity index is 3.08. The van der Waals surface area contributed by atoms with Gasteiger partial charge in [0, 0.05) is 19.8 Å². The second kappa shape index (κ2) is 4.80. The third-order valence-electron chi connectivity index (χ3n) is 1.90. The minimum absolute atomic E-state index is 0.0767. The van der Waals surface area contributed by atoms with Crippen molar-refractivity contribution < 1.29 is 9.90 Å². The van der Waals surface area contributed by atoms with Crippen molar-refractivity contribution in [3.05, 3.63) is 23.8 Å². The van der Waals surface area contributed by atoms with Crippen molar-refractivity contribution in [1.29, 1.82) is 0 Å². The van der Waals surface area contributed by atoms with Gasteiger partial charge in [0.2, 0.25) is 0 Å². The Kier molecular flexibility index (Phi) is 3.68. The van der Waals surface area contributed by atoms with E-state index in [1.807, 2.05) is 0 Å². The third kappa shape index (κ3) is 2.83. The number of phenols is 1. The van der Waals surface area contributed by atoms with Gasteiger partial charge in [-0.05, 0) is 30.4 Å². The number of phenolic OH excluding ortho intramolecular Hbond substituents is 1. The van der Waals surface area contributed by atoms with Gasteiger partial charge in [-0.1, -0.05) is 0 Å². The van der Waals surface area contributed by atoms with Crippen molar-refractivity contribution in [1.82, 2.24) is 4.90 Å². The van der Waals surface area contributed by atoms with Crippen molar-refractivity contribution in [3.63, 3.8) is 0 Å². The molecule has 0 saturated heterocycles. The molecule has 0 atom stereocenters. The highest BCUT2D eigenvalue weighted by molar-refractivity contribution is 7.80. The van der Waals surface area contributed by atoms with Crippen molar-refractivity contribution >= 4 is 28.9 Å². The van der Waals surface area contributed by atoms with Crippen LogP contribution in [0.2, 0.25) is 0 Å². The average molecular weight is 239 g/mol. The van der Waals surface area contributed by atoms with Crippen LogP contribution in [-0.2, 0) is 0 Å². The SMILES string of the molecule is CN(C)C(=O)c1cc(NC(N)=S)ccc1O. The molecule has 1 aromatic rings. The number of aromatic hydroxyl groups is 1. The minimum Gasteiger partial charge on any atom is -0.507 e. The smallest absolute Gasteiger partial charge is 0.257 e. The Morgan fingerprint density at radius 3 is 2.62 bits per heavy atom. The highest BCUT2D eigenvalue weighted by Gasteiger charge is 2.13. The summed E-state index contributed by atoms with van der Waals surface area (Å²) in [6.45, 7) is 0. The van der Waals surface area contributed by atoms with Crippen LogP contribution in [-0.4, -0.2) is 35.1 Å². The van der Waals surface area contributed by atoms with Gasteiger partial charge in [-0.3, -0.25) is 4.79 Å². The van der Waals surface area contributed by atoms with E-state index in [0.29, 0.717) is 5.69 Å². The van der Waals surface area contributed by atoms with Crippen LogP contribution in [0.4, 0.5) is 5.69 Å². The average Bonchev–Trinajstić information content (AvgIpc) is 2.19. The molecule has 0 aliphatic rings. The summed E-state index contributed by atoms with van der Waals surface area (Å²) < 4.78 is 0. The van der Waals surface area contributed by atoms with Gasteiger partial charge in [0.15, 0.2) is 5.11 Å². The van der Waals surface area contributed by atoms with E-state index in [0.717, 1.165) is 0 Å². The summed E-state index contributed by atoms with van der Waals surface area (Å²) in [5.74, 6) is -0.365. The third-order valence-corrected chi connectivity index (χ3v) is 2.00. The molecule has 16 heavy (non-hydrogen) atoms. The number of nitrogens with two attached hydrogens (primary N) is 1. The molecular weight excluding hydrogens is 226 g/mol. The Morgan fingerprint density at radius 2 is 2.12 bits per heavy atom. The number of hydrogen-bond acceptors (Lipinski definition) is 3. The topological polar surface area (TPSA) is 78.6 Å². The standard InChI is InChI=1S/C10H13N3O2S/c1-13(2)9(15)7-5-6(12-10(11)16)3-4-8(7)14/h3-5,14H,1-2H3,(H3,11,12,16). The molecule has 0 aromatic heterocycles. The van der Waals surface area contributed by atoms with Crippen LogP contribution in [0.15, 0.2) is 18.2 Å². The van der Waals surface area contributed by atoms with Crippen molar-refractivity contribution in [2.45, 2.75) is 0 Å². The Morgan fingerprint density at radius 1 is 1.50 bits per heavy atom. The summed E-state index contributed by atoms with van der Waals surface area (Å²) in [6.07, 6.45) is 0.